The molecule has 1 saturated heterocycles. The minimum atomic E-state index is 0.432. The van der Waals surface area contributed by atoms with Gasteiger partial charge >= 0.3 is 0 Å². The highest BCUT2D eigenvalue weighted by molar-refractivity contribution is 6.03. The summed E-state index contributed by atoms with van der Waals surface area (Å²) in [6.07, 6.45) is 5.10. The first kappa shape index (κ1) is 14.1. The number of nitrogens with two attached hydrogens (primary N) is 2. The molecule has 1 fully saturated rings. The number of hydrogen-bond acceptors (Lipinski definition) is 3. The van der Waals surface area contributed by atoms with Crippen LogP contribution in [-0.4, -0.2) is 29.9 Å². The van der Waals surface area contributed by atoms with Crippen molar-refractivity contribution in [1.29, 1.82) is 5.41 Å². The Labute approximate surface area is 126 Å². The highest BCUT2D eigenvalue weighted by Gasteiger charge is 2.32. The molecule has 3 rings (SSSR count). The van der Waals surface area contributed by atoms with Gasteiger partial charge in [-0.2, -0.15) is 0 Å². The lowest BCUT2D eigenvalue weighted by Crippen LogP contribution is -2.52. The smallest absolute Gasteiger partial charge is 0.126 e. The predicted octanol–water partition coefficient (Wildman–Crippen LogP) is 2.09. The normalized spacial score (nSPS) is 21.6. The Kier molecular flexibility index (Phi) is 3.97. The second-order valence-corrected chi connectivity index (χ2v) is 5.96. The number of benzene rings is 1. The first-order valence-corrected chi connectivity index (χ1v) is 7.85. The Balaban J connectivity index is 1.89. The molecule has 4 nitrogen and oxygen atoms in total. The van der Waals surface area contributed by atoms with Gasteiger partial charge in [-0.15, -0.1) is 0 Å². The average molecular weight is 284 g/mol. The summed E-state index contributed by atoms with van der Waals surface area (Å²) in [5.74, 6) is 0.619. The van der Waals surface area contributed by atoms with Crippen molar-refractivity contribution in [3.05, 3.63) is 41.0 Å². The van der Waals surface area contributed by atoms with E-state index in [0.717, 1.165) is 55.5 Å². The molecule has 0 spiro atoms. The minimum absolute atomic E-state index is 0.432. The highest BCUT2D eigenvalue weighted by Crippen LogP contribution is 2.31. The van der Waals surface area contributed by atoms with Gasteiger partial charge in [0.25, 0.3) is 0 Å². The van der Waals surface area contributed by atoms with E-state index >= 15 is 0 Å². The quantitative estimate of drug-likeness (QED) is 0.587. The van der Waals surface area contributed by atoms with Crippen molar-refractivity contribution in [2.45, 2.75) is 38.1 Å². The Morgan fingerprint density at radius 3 is 2.81 bits per heavy atom. The van der Waals surface area contributed by atoms with Crippen LogP contribution in [0.3, 0.4) is 0 Å². The molecule has 4 heteroatoms. The number of nitrogens with zero attached hydrogens (tertiary/aromatic N) is 1. The number of fused-ring (bicyclic) bond motifs is 1. The molecule has 0 radical (unpaired) electrons. The Hall–Kier alpha value is -1.81. The van der Waals surface area contributed by atoms with Gasteiger partial charge in [0.1, 0.15) is 5.84 Å². The molecular formula is C17H24N4. The fourth-order valence-electron chi connectivity index (χ4n) is 3.40. The molecule has 0 bridgehead atoms. The Morgan fingerprint density at radius 2 is 2.10 bits per heavy atom. The third-order valence-corrected chi connectivity index (χ3v) is 4.72. The van der Waals surface area contributed by atoms with E-state index < -0.39 is 0 Å². The van der Waals surface area contributed by atoms with Crippen LogP contribution in [0.2, 0.25) is 0 Å². The third-order valence-electron chi connectivity index (χ3n) is 4.72. The summed E-state index contributed by atoms with van der Waals surface area (Å²) in [5.41, 5.74) is 16.3. The molecule has 0 amide bonds. The molecule has 1 heterocycles. The summed E-state index contributed by atoms with van der Waals surface area (Å²) < 4.78 is 0. The van der Waals surface area contributed by atoms with Crippen LogP contribution in [0.15, 0.2) is 29.8 Å². The lowest BCUT2D eigenvalue weighted by Gasteiger charge is -2.43. The van der Waals surface area contributed by atoms with Crippen LogP contribution in [-0.2, 0) is 6.42 Å². The number of aryl methyl sites for hydroxylation is 1. The molecule has 1 unspecified atom stereocenters. The van der Waals surface area contributed by atoms with Crippen LogP contribution in [0.5, 0.6) is 0 Å². The number of likely N-dealkylation sites (tertiary alicyclic amines) is 1. The van der Waals surface area contributed by atoms with Crippen LogP contribution >= 0.6 is 0 Å². The molecule has 0 saturated carbocycles. The molecule has 0 aromatic heterocycles. The molecule has 5 N–H and O–H groups in total. The summed E-state index contributed by atoms with van der Waals surface area (Å²) in [6.45, 7) is 1.65. The third kappa shape index (κ3) is 2.56. The van der Waals surface area contributed by atoms with Crippen LogP contribution in [0, 0.1) is 5.41 Å². The van der Waals surface area contributed by atoms with Gasteiger partial charge in [-0.05, 0) is 44.2 Å². The van der Waals surface area contributed by atoms with Crippen molar-refractivity contribution in [2.75, 3.05) is 13.1 Å². The summed E-state index contributed by atoms with van der Waals surface area (Å²) >= 11 is 0. The summed E-state index contributed by atoms with van der Waals surface area (Å²) in [7, 11) is 0. The van der Waals surface area contributed by atoms with Gasteiger partial charge in [-0.3, -0.25) is 5.41 Å². The van der Waals surface area contributed by atoms with E-state index in [-0.39, 0.29) is 0 Å². The van der Waals surface area contributed by atoms with Crippen molar-refractivity contribution >= 4 is 11.5 Å². The van der Waals surface area contributed by atoms with Crippen molar-refractivity contribution < 1.29 is 0 Å². The molecule has 1 aromatic rings. The van der Waals surface area contributed by atoms with E-state index in [2.05, 4.69) is 23.1 Å². The summed E-state index contributed by atoms with van der Waals surface area (Å²) in [5, 5.41) is 8.57. The highest BCUT2D eigenvalue weighted by atomic mass is 15.2. The number of nitrogens with one attached hydrogen (secondary N) is 1. The molecule has 1 aliphatic carbocycles. The van der Waals surface area contributed by atoms with Gasteiger partial charge in [-0.25, -0.2) is 0 Å². The van der Waals surface area contributed by atoms with Crippen LogP contribution in [0.1, 0.15) is 36.8 Å². The SMILES string of the molecule is N=C(C1=C(N)c2ccccc2CCC1)N1CCC1CCN. The first-order chi connectivity index (χ1) is 10.2. The zero-order valence-electron chi connectivity index (χ0n) is 12.4. The maximum atomic E-state index is 8.57. The summed E-state index contributed by atoms with van der Waals surface area (Å²) in [4.78, 5) is 2.17. The van der Waals surface area contributed by atoms with Crippen LogP contribution < -0.4 is 11.5 Å². The summed E-state index contributed by atoms with van der Waals surface area (Å²) in [6, 6.07) is 8.75. The largest absolute Gasteiger partial charge is 0.398 e. The minimum Gasteiger partial charge on any atom is -0.398 e. The zero-order valence-corrected chi connectivity index (χ0v) is 12.4. The molecule has 1 aromatic carbocycles. The standard InChI is InChI=1S/C17H24N4/c18-10-8-13-9-11-21(13)17(20)15-7-3-5-12-4-1-2-6-14(12)16(15)19/h1-2,4,6,13,20H,3,5,7-11,18-19H2. The van der Waals surface area contributed by atoms with E-state index in [4.69, 9.17) is 16.9 Å². The van der Waals surface area contributed by atoms with Crippen molar-refractivity contribution in [3.8, 4) is 0 Å². The Morgan fingerprint density at radius 1 is 1.29 bits per heavy atom. The molecular weight excluding hydrogens is 260 g/mol. The molecule has 21 heavy (non-hydrogen) atoms. The number of amidine groups is 1. The number of rotatable bonds is 3. The van der Waals surface area contributed by atoms with E-state index in [9.17, 15) is 0 Å². The second-order valence-electron chi connectivity index (χ2n) is 5.96. The van der Waals surface area contributed by atoms with E-state index in [0.29, 0.717) is 18.4 Å². The van der Waals surface area contributed by atoms with E-state index in [1.165, 1.54) is 5.56 Å². The molecule has 1 aliphatic heterocycles. The molecule has 112 valence electrons. The van der Waals surface area contributed by atoms with Gasteiger partial charge in [-0.1, -0.05) is 24.3 Å². The van der Waals surface area contributed by atoms with Crippen molar-refractivity contribution in [1.82, 2.24) is 4.90 Å². The topological polar surface area (TPSA) is 79.1 Å². The number of hydrogen-bond donors (Lipinski definition) is 3. The van der Waals surface area contributed by atoms with Gasteiger partial charge < -0.3 is 16.4 Å². The van der Waals surface area contributed by atoms with Gasteiger partial charge in [0, 0.05) is 29.4 Å². The van der Waals surface area contributed by atoms with Gasteiger partial charge in [0.15, 0.2) is 0 Å². The Bertz CT molecular complexity index is 576. The fraction of sp³-hybridized carbons (Fsp3) is 0.471. The van der Waals surface area contributed by atoms with E-state index in [1.807, 2.05) is 6.07 Å². The zero-order chi connectivity index (χ0) is 14.8. The van der Waals surface area contributed by atoms with Crippen LogP contribution in [0.4, 0.5) is 0 Å². The molecule has 2 aliphatic rings. The molecule has 1 atom stereocenters. The maximum absolute atomic E-state index is 8.57. The fourth-order valence-corrected chi connectivity index (χ4v) is 3.40. The van der Waals surface area contributed by atoms with E-state index in [1.54, 1.807) is 0 Å². The maximum Gasteiger partial charge on any atom is 0.126 e. The second kappa shape index (κ2) is 5.90. The predicted molar refractivity (Wildman–Crippen MR) is 87.0 cm³/mol. The lowest BCUT2D eigenvalue weighted by atomic mass is 9.95. The lowest BCUT2D eigenvalue weighted by molar-refractivity contribution is 0.175. The van der Waals surface area contributed by atoms with Crippen LogP contribution in [0.25, 0.3) is 5.70 Å². The van der Waals surface area contributed by atoms with Crippen molar-refractivity contribution in [2.24, 2.45) is 11.5 Å². The first-order valence-electron chi connectivity index (χ1n) is 7.85. The van der Waals surface area contributed by atoms with Gasteiger partial charge in [0.2, 0.25) is 0 Å². The van der Waals surface area contributed by atoms with Crippen molar-refractivity contribution in [3.63, 3.8) is 0 Å². The average Bonchev–Trinajstić information content (AvgIpc) is 2.63. The monoisotopic (exact) mass is 284 g/mol. The van der Waals surface area contributed by atoms with Gasteiger partial charge in [0.05, 0.1) is 0 Å².